The highest BCUT2D eigenvalue weighted by Gasteiger charge is 2.40. The number of carbonyl (C=O) groups is 1. The molecule has 0 radical (unpaired) electrons. The fourth-order valence-electron chi connectivity index (χ4n) is 4.14. The maximum atomic E-state index is 13.0. The van der Waals surface area contributed by atoms with Crippen LogP contribution in [0.2, 0.25) is 0 Å². The lowest BCUT2D eigenvalue weighted by atomic mass is 9.72. The molecule has 1 N–H and O–H groups in total. The van der Waals surface area contributed by atoms with Gasteiger partial charge >= 0.3 is 11.6 Å². The lowest BCUT2D eigenvalue weighted by molar-refractivity contribution is -0.384. The first-order valence-corrected chi connectivity index (χ1v) is 9.70. The van der Waals surface area contributed by atoms with E-state index in [0.717, 1.165) is 0 Å². The van der Waals surface area contributed by atoms with Crippen molar-refractivity contribution < 1.29 is 24.0 Å². The fourth-order valence-corrected chi connectivity index (χ4v) is 4.14. The molecule has 31 heavy (non-hydrogen) atoms. The van der Waals surface area contributed by atoms with Crippen molar-refractivity contribution in [3.8, 4) is 5.75 Å². The molecule has 0 amide bonds. The van der Waals surface area contributed by atoms with E-state index >= 15 is 0 Å². The number of phenolic OH excluding ortho intramolecular Hbond substituents is 1. The molecular formula is C23H19NO7. The van der Waals surface area contributed by atoms with Crippen LogP contribution in [0.5, 0.6) is 5.75 Å². The molecule has 0 spiro atoms. The Hall–Kier alpha value is -3.94. The summed E-state index contributed by atoms with van der Waals surface area (Å²) in [5, 5.41) is 21.4. The lowest BCUT2D eigenvalue weighted by Crippen LogP contribution is -2.32. The van der Waals surface area contributed by atoms with E-state index in [1.54, 1.807) is 26.0 Å². The highest BCUT2D eigenvalue weighted by atomic mass is 16.6. The third kappa shape index (κ3) is 3.46. The zero-order valence-electron chi connectivity index (χ0n) is 16.8. The first-order valence-electron chi connectivity index (χ1n) is 9.70. The molecule has 0 saturated heterocycles. The van der Waals surface area contributed by atoms with Crippen LogP contribution in [0.15, 0.2) is 57.2 Å². The lowest BCUT2D eigenvalue weighted by Gasteiger charge is -2.31. The number of ether oxygens (including phenoxy) is 1. The summed E-state index contributed by atoms with van der Waals surface area (Å²) in [6.07, 6.45) is 1.76. The molecule has 1 aliphatic carbocycles. The van der Waals surface area contributed by atoms with Crippen molar-refractivity contribution in [2.24, 2.45) is 5.92 Å². The summed E-state index contributed by atoms with van der Waals surface area (Å²) in [5.41, 5.74) is 1.60. The van der Waals surface area contributed by atoms with Crippen LogP contribution in [0.25, 0.3) is 17.0 Å². The number of nitro benzene ring substituents is 1. The number of non-ortho nitro benzene ring substituents is 1. The second-order valence-electron chi connectivity index (χ2n) is 7.34. The number of esters is 1. The summed E-state index contributed by atoms with van der Waals surface area (Å²) in [6, 6.07) is 10.3. The quantitative estimate of drug-likeness (QED) is 0.291. The van der Waals surface area contributed by atoms with Gasteiger partial charge in [0.15, 0.2) is 0 Å². The van der Waals surface area contributed by atoms with Crippen LogP contribution in [0, 0.1) is 16.0 Å². The van der Waals surface area contributed by atoms with Crippen LogP contribution in [0.1, 0.15) is 36.5 Å². The number of phenols is 1. The summed E-state index contributed by atoms with van der Waals surface area (Å²) in [5.74, 6) is -2.06. The van der Waals surface area contributed by atoms with Gasteiger partial charge in [-0.3, -0.25) is 14.9 Å². The van der Waals surface area contributed by atoms with Crippen LogP contribution < -0.4 is 5.63 Å². The number of rotatable bonds is 4. The standard InChI is InChI=1S/C23H19NO7/c1-3-30-22(26)19-12(2)10-17-16-9-8-15(25)11-18(16)31-23(27)21(17)20(19)13-4-6-14(7-5-13)24(28)29/h4-11,19-20,25H,3H2,1-2H3. The second-order valence-corrected chi connectivity index (χ2v) is 7.34. The SMILES string of the molecule is CCOC(=O)C1C(C)=Cc2c(c(=O)oc3cc(O)ccc23)C1c1ccc([N+](=O)[O-])cc1. The second kappa shape index (κ2) is 7.71. The molecule has 0 bridgehead atoms. The number of hydrogen-bond acceptors (Lipinski definition) is 7. The Balaban J connectivity index is 2.00. The molecule has 4 rings (SSSR count). The predicted molar refractivity (Wildman–Crippen MR) is 113 cm³/mol. The van der Waals surface area contributed by atoms with Crippen LogP contribution in [-0.4, -0.2) is 22.6 Å². The highest BCUT2D eigenvalue weighted by Crippen LogP contribution is 2.44. The van der Waals surface area contributed by atoms with E-state index < -0.39 is 28.4 Å². The third-order valence-electron chi connectivity index (χ3n) is 5.48. The monoisotopic (exact) mass is 421 g/mol. The maximum absolute atomic E-state index is 13.0. The van der Waals surface area contributed by atoms with Crippen LogP contribution in [0.4, 0.5) is 5.69 Å². The fraction of sp³-hybridized carbons (Fsp3) is 0.217. The van der Waals surface area contributed by atoms with Crippen molar-refractivity contribution in [3.63, 3.8) is 0 Å². The minimum atomic E-state index is -0.786. The topological polar surface area (TPSA) is 120 Å². The first kappa shape index (κ1) is 20.3. The molecule has 1 aromatic heterocycles. The van der Waals surface area contributed by atoms with Gasteiger partial charge in [0.1, 0.15) is 11.3 Å². The van der Waals surface area contributed by atoms with Crippen molar-refractivity contribution in [2.75, 3.05) is 6.61 Å². The minimum Gasteiger partial charge on any atom is -0.508 e. The molecule has 8 heteroatoms. The zero-order chi connectivity index (χ0) is 22.3. The average molecular weight is 421 g/mol. The number of benzene rings is 2. The van der Waals surface area contributed by atoms with Gasteiger partial charge in [-0.05, 0) is 37.1 Å². The number of fused-ring (bicyclic) bond motifs is 3. The van der Waals surface area contributed by atoms with E-state index in [2.05, 4.69) is 0 Å². The molecular weight excluding hydrogens is 402 g/mol. The number of nitro groups is 1. The summed E-state index contributed by atoms with van der Waals surface area (Å²) < 4.78 is 10.7. The van der Waals surface area contributed by atoms with E-state index in [1.807, 2.05) is 0 Å². The number of aromatic hydroxyl groups is 1. The minimum absolute atomic E-state index is 0.0385. The van der Waals surface area contributed by atoms with Crippen molar-refractivity contribution >= 4 is 28.7 Å². The van der Waals surface area contributed by atoms with E-state index in [-0.39, 0.29) is 29.2 Å². The summed E-state index contributed by atoms with van der Waals surface area (Å²) in [7, 11) is 0. The Morgan fingerprint density at radius 1 is 1.23 bits per heavy atom. The van der Waals surface area contributed by atoms with Crippen molar-refractivity contribution in [2.45, 2.75) is 19.8 Å². The van der Waals surface area contributed by atoms with Gasteiger partial charge < -0.3 is 14.3 Å². The van der Waals surface area contributed by atoms with E-state index in [4.69, 9.17) is 9.15 Å². The van der Waals surface area contributed by atoms with Crippen molar-refractivity contribution in [3.05, 3.63) is 85.3 Å². The summed E-state index contributed by atoms with van der Waals surface area (Å²) >= 11 is 0. The Labute approximate surface area is 176 Å². The van der Waals surface area contributed by atoms with Gasteiger partial charge in [0.2, 0.25) is 0 Å². The molecule has 0 saturated carbocycles. The molecule has 8 nitrogen and oxygen atoms in total. The number of nitrogens with zero attached hydrogens (tertiary/aromatic N) is 1. The molecule has 2 unspecified atom stereocenters. The van der Waals surface area contributed by atoms with E-state index in [9.17, 15) is 24.8 Å². The van der Waals surface area contributed by atoms with Crippen molar-refractivity contribution in [1.29, 1.82) is 0 Å². The largest absolute Gasteiger partial charge is 0.508 e. The number of hydrogen-bond donors (Lipinski definition) is 1. The van der Waals surface area contributed by atoms with Crippen LogP contribution in [-0.2, 0) is 9.53 Å². The third-order valence-corrected chi connectivity index (χ3v) is 5.48. The molecule has 0 fully saturated rings. The molecule has 0 aliphatic heterocycles. The first-order chi connectivity index (χ1) is 14.8. The van der Waals surface area contributed by atoms with Crippen LogP contribution in [0.3, 0.4) is 0 Å². The van der Waals surface area contributed by atoms with E-state index in [1.165, 1.54) is 36.4 Å². The number of carbonyl (C=O) groups excluding carboxylic acids is 1. The Kier molecular flexibility index (Phi) is 5.06. The van der Waals surface area contributed by atoms with E-state index in [0.29, 0.717) is 22.1 Å². The van der Waals surface area contributed by atoms with Gasteiger partial charge in [-0.25, -0.2) is 4.79 Å². The van der Waals surface area contributed by atoms with Crippen molar-refractivity contribution in [1.82, 2.24) is 0 Å². The smallest absolute Gasteiger partial charge is 0.340 e. The Morgan fingerprint density at radius 3 is 2.58 bits per heavy atom. The Bertz CT molecular complexity index is 1290. The van der Waals surface area contributed by atoms with Gasteiger partial charge in [-0.2, -0.15) is 0 Å². The molecule has 2 atom stereocenters. The van der Waals surface area contributed by atoms with Gasteiger partial charge in [0.05, 0.1) is 23.0 Å². The van der Waals surface area contributed by atoms with Gasteiger partial charge in [-0.15, -0.1) is 0 Å². The molecule has 158 valence electrons. The van der Waals surface area contributed by atoms with Gasteiger partial charge in [-0.1, -0.05) is 23.8 Å². The molecule has 1 aliphatic rings. The Morgan fingerprint density at radius 2 is 1.94 bits per heavy atom. The van der Waals surface area contributed by atoms with Gasteiger partial charge in [0, 0.05) is 29.5 Å². The molecule has 1 heterocycles. The predicted octanol–water partition coefficient (Wildman–Crippen LogP) is 4.13. The molecule has 2 aromatic carbocycles. The highest BCUT2D eigenvalue weighted by molar-refractivity contribution is 5.92. The normalized spacial score (nSPS) is 17.7. The molecule has 3 aromatic rings. The zero-order valence-corrected chi connectivity index (χ0v) is 16.8. The summed E-state index contributed by atoms with van der Waals surface area (Å²) in [6.45, 7) is 3.65. The maximum Gasteiger partial charge on any atom is 0.340 e. The van der Waals surface area contributed by atoms with Gasteiger partial charge in [0.25, 0.3) is 5.69 Å². The van der Waals surface area contributed by atoms with Crippen LogP contribution >= 0.6 is 0 Å². The summed E-state index contributed by atoms with van der Waals surface area (Å²) in [4.78, 5) is 36.5. The average Bonchev–Trinajstić information content (AvgIpc) is 2.72.